The van der Waals surface area contributed by atoms with Gasteiger partial charge in [-0.3, -0.25) is 0 Å². The van der Waals surface area contributed by atoms with E-state index in [1.807, 2.05) is 22.7 Å². The van der Waals surface area contributed by atoms with Gasteiger partial charge in [-0.05, 0) is 54.6 Å². The summed E-state index contributed by atoms with van der Waals surface area (Å²) in [5.41, 5.74) is 7.09. The van der Waals surface area contributed by atoms with Crippen LogP contribution in [0, 0.1) is 0 Å². The molecule has 11 rings (SSSR count). The Kier molecular flexibility index (Phi) is 6.03. The summed E-state index contributed by atoms with van der Waals surface area (Å²) in [4.78, 5) is 2.57. The number of thiophene rings is 2. The van der Waals surface area contributed by atoms with Crippen LogP contribution >= 0.6 is 22.7 Å². The van der Waals surface area contributed by atoms with Crippen LogP contribution in [0.5, 0.6) is 0 Å². The van der Waals surface area contributed by atoms with E-state index in [9.17, 15) is 0 Å². The number of hydrogen-bond acceptors (Lipinski definition) is 3. The quantitative estimate of drug-likeness (QED) is 0.181. The summed E-state index contributed by atoms with van der Waals surface area (Å²) in [5.74, 6) is 0. The highest BCUT2D eigenvalue weighted by atomic mass is 32.1. The highest BCUT2D eigenvalue weighted by molar-refractivity contribution is 7.27. The van der Waals surface area contributed by atoms with Gasteiger partial charge in [0.05, 0.1) is 32.8 Å². The Labute approximate surface area is 296 Å². The Morgan fingerprint density at radius 1 is 0.360 bits per heavy atom. The first-order valence-electron chi connectivity index (χ1n) is 16.9. The Balaban J connectivity index is 1.33. The number of para-hydroxylation sites is 2. The SMILES string of the molecule is c1ccc(-n2c3ccccc3c3c(N(c4cc5c6ccccc6sc5c5ccccc45)c4cccc5c4sc4ccccc45)cccc32)cc1. The number of benzene rings is 8. The molecule has 8 aromatic carbocycles. The van der Waals surface area contributed by atoms with Crippen molar-refractivity contribution >= 4 is 113 Å². The van der Waals surface area contributed by atoms with E-state index in [0.717, 1.165) is 5.69 Å². The zero-order valence-corrected chi connectivity index (χ0v) is 28.5. The Morgan fingerprint density at radius 2 is 0.900 bits per heavy atom. The first-order chi connectivity index (χ1) is 24.8. The van der Waals surface area contributed by atoms with E-state index in [1.54, 1.807) is 0 Å². The molecule has 0 amide bonds. The van der Waals surface area contributed by atoms with E-state index in [2.05, 4.69) is 179 Å². The highest BCUT2D eigenvalue weighted by Gasteiger charge is 2.25. The molecule has 0 saturated heterocycles. The molecule has 2 nitrogen and oxygen atoms in total. The summed E-state index contributed by atoms with van der Waals surface area (Å²) in [6.45, 7) is 0. The average molecular weight is 673 g/mol. The third-order valence-corrected chi connectivity index (χ3v) is 12.6. The van der Waals surface area contributed by atoms with Gasteiger partial charge in [0.2, 0.25) is 0 Å². The van der Waals surface area contributed by atoms with Crippen molar-refractivity contribution in [2.75, 3.05) is 4.90 Å². The maximum Gasteiger partial charge on any atom is 0.0640 e. The molecular weight excluding hydrogens is 645 g/mol. The second-order valence-electron chi connectivity index (χ2n) is 12.9. The average Bonchev–Trinajstić information content (AvgIpc) is 3.86. The van der Waals surface area contributed by atoms with Gasteiger partial charge in [0, 0.05) is 62.9 Å². The molecule has 3 heterocycles. The summed E-state index contributed by atoms with van der Waals surface area (Å²) in [5, 5.41) is 10.2. The fourth-order valence-electron chi connectivity index (χ4n) is 8.05. The largest absolute Gasteiger partial charge is 0.309 e. The van der Waals surface area contributed by atoms with Crippen LogP contribution in [0.15, 0.2) is 170 Å². The van der Waals surface area contributed by atoms with Gasteiger partial charge in [-0.15, -0.1) is 22.7 Å². The Hall–Kier alpha value is -5.94. The fourth-order valence-corrected chi connectivity index (χ4v) is 10.5. The molecule has 0 fully saturated rings. The van der Waals surface area contributed by atoms with Crippen molar-refractivity contribution in [3.8, 4) is 5.69 Å². The summed E-state index contributed by atoms with van der Waals surface area (Å²) >= 11 is 3.78. The van der Waals surface area contributed by atoms with Crippen molar-refractivity contribution in [2.45, 2.75) is 0 Å². The molecular formula is C46H28N2S2. The summed E-state index contributed by atoms with van der Waals surface area (Å²) in [7, 11) is 0. The molecule has 4 heteroatoms. The minimum atomic E-state index is 1.16. The molecule has 11 aromatic rings. The second-order valence-corrected chi connectivity index (χ2v) is 15.0. The number of fused-ring (bicyclic) bond motifs is 11. The molecule has 0 radical (unpaired) electrons. The van der Waals surface area contributed by atoms with Crippen LogP contribution in [0.1, 0.15) is 0 Å². The van der Waals surface area contributed by atoms with Gasteiger partial charge >= 0.3 is 0 Å². The minimum absolute atomic E-state index is 1.16. The molecule has 0 spiro atoms. The Bertz CT molecular complexity index is 3110. The molecule has 50 heavy (non-hydrogen) atoms. The minimum Gasteiger partial charge on any atom is -0.309 e. The zero-order chi connectivity index (χ0) is 32.8. The van der Waals surface area contributed by atoms with Gasteiger partial charge in [0.25, 0.3) is 0 Å². The van der Waals surface area contributed by atoms with Gasteiger partial charge in [0.15, 0.2) is 0 Å². The molecule has 0 saturated carbocycles. The number of hydrogen-bond donors (Lipinski definition) is 0. The molecule has 0 unspecified atom stereocenters. The van der Waals surface area contributed by atoms with Crippen LogP contribution in [-0.2, 0) is 0 Å². The van der Waals surface area contributed by atoms with Crippen molar-refractivity contribution in [1.29, 1.82) is 0 Å². The highest BCUT2D eigenvalue weighted by Crippen LogP contribution is 2.51. The third-order valence-electron chi connectivity index (χ3n) is 10.2. The monoisotopic (exact) mass is 672 g/mol. The van der Waals surface area contributed by atoms with Crippen LogP contribution in [0.4, 0.5) is 17.1 Å². The standard InChI is InChI=1S/C46H28N2S2/c1-2-14-29(15-3-1)47-37-22-9-6-20-35(37)44-38(47)23-13-24-39(44)48(40-25-12-21-34-31-17-7-10-26-42(31)50-46(34)40)41-28-36-32-18-8-11-27-43(32)49-45(36)33-19-5-4-16-30(33)41/h1-28H. The van der Waals surface area contributed by atoms with E-state index >= 15 is 0 Å². The summed E-state index contributed by atoms with van der Waals surface area (Å²) < 4.78 is 7.66. The first kappa shape index (κ1) is 28.0. The summed E-state index contributed by atoms with van der Waals surface area (Å²) in [6.07, 6.45) is 0. The predicted molar refractivity (Wildman–Crippen MR) is 219 cm³/mol. The van der Waals surface area contributed by atoms with Gasteiger partial charge in [-0.25, -0.2) is 0 Å². The fraction of sp³-hybridized carbons (Fsp3) is 0. The lowest BCUT2D eigenvalue weighted by Gasteiger charge is -2.28. The first-order valence-corrected chi connectivity index (χ1v) is 18.6. The Morgan fingerprint density at radius 3 is 1.70 bits per heavy atom. The molecule has 0 N–H and O–H groups in total. The maximum atomic E-state index is 2.57. The van der Waals surface area contributed by atoms with Crippen molar-refractivity contribution in [3.05, 3.63) is 170 Å². The topological polar surface area (TPSA) is 8.17 Å². The van der Waals surface area contributed by atoms with E-state index in [1.165, 1.54) is 90.0 Å². The second kappa shape index (κ2) is 10.8. The molecule has 0 atom stereocenters. The molecule has 0 aliphatic heterocycles. The third kappa shape index (κ3) is 3.95. The van der Waals surface area contributed by atoms with Crippen LogP contribution < -0.4 is 4.90 Å². The molecule has 3 aromatic heterocycles. The molecule has 0 aliphatic carbocycles. The molecule has 0 bridgehead atoms. The predicted octanol–water partition coefficient (Wildman–Crippen LogP) is 14.1. The lowest BCUT2D eigenvalue weighted by Crippen LogP contribution is -2.11. The normalized spacial score (nSPS) is 12.0. The van der Waals surface area contributed by atoms with Crippen LogP contribution in [0.3, 0.4) is 0 Å². The van der Waals surface area contributed by atoms with Crippen LogP contribution in [0.2, 0.25) is 0 Å². The lowest BCUT2D eigenvalue weighted by molar-refractivity contribution is 1.18. The van der Waals surface area contributed by atoms with Crippen molar-refractivity contribution in [2.24, 2.45) is 0 Å². The number of rotatable bonds is 4. The smallest absolute Gasteiger partial charge is 0.0640 e. The van der Waals surface area contributed by atoms with E-state index in [4.69, 9.17) is 0 Å². The van der Waals surface area contributed by atoms with Gasteiger partial charge < -0.3 is 9.47 Å². The van der Waals surface area contributed by atoms with E-state index in [0.29, 0.717) is 0 Å². The van der Waals surface area contributed by atoms with Gasteiger partial charge in [0.1, 0.15) is 0 Å². The van der Waals surface area contributed by atoms with E-state index < -0.39 is 0 Å². The van der Waals surface area contributed by atoms with Crippen molar-refractivity contribution < 1.29 is 0 Å². The molecule has 0 aliphatic rings. The van der Waals surface area contributed by atoms with Gasteiger partial charge in [-0.1, -0.05) is 115 Å². The van der Waals surface area contributed by atoms with Crippen molar-refractivity contribution in [1.82, 2.24) is 4.57 Å². The maximum absolute atomic E-state index is 2.57. The van der Waals surface area contributed by atoms with Gasteiger partial charge in [-0.2, -0.15) is 0 Å². The number of anilines is 3. The zero-order valence-electron chi connectivity index (χ0n) is 26.9. The molecule has 234 valence electrons. The summed E-state index contributed by atoms with van der Waals surface area (Å²) in [6, 6.07) is 62.4. The number of nitrogens with zero attached hydrogens (tertiary/aromatic N) is 2. The van der Waals surface area contributed by atoms with Crippen molar-refractivity contribution in [3.63, 3.8) is 0 Å². The number of aromatic nitrogens is 1. The van der Waals surface area contributed by atoms with E-state index in [-0.39, 0.29) is 0 Å². The van der Waals surface area contributed by atoms with Crippen LogP contribution in [0.25, 0.3) is 78.6 Å². The lowest BCUT2D eigenvalue weighted by atomic mass is 10.0. The van der Waals surface area contributed by atoms with Crippen LogP contribution in [-0.4, -0.2) is 4.57 Å².